The van der Waals surface area contributed by atoms with E-state index in [1.54, 1.807) is 36.4 Å². The fraction of sp³-hybridized carbons (Fsp3) is 0.375. The monoisotopic (exact) mass is 595 g/mol. The van der Waals surface area contributed by atoms with Crippen molar-refractivity contribution in [1.82, 2.24) is 10.2 Å². The molecule has 1 N–H and O–H groups in total. The van der Waals surface area contributed by atoms with Crippen LogP contribution in [-0.2, 0) is 26.2 Å². The van der Waals surface area contributed by atoms with Crippen molar-refractivity contribution in [2.45, 2.75) is 76.4 Å². The molecular formula is C32H38ClN3O4S. The van der Waals surface area contributed by atoms with Gasteiger partial charge in [-0.2, -0.15) is 0 Å². The second kappa shape index (κ2) is 13.5. The van der Waals surface area contributed by atoms with Crippen molar-refractivity contribution in [2.24, 2.45) is 0 Å². The second-order valence-corrected chi connectivity index (χ2v) is 13.0. The molecule has 9 heteroatoms. The van der Waals surface area contributed by atoms with Gasteiger partial charge in [0.1, 0.15) is 12.6 Å². The minimum Gasteiger partial charge on any atom is -0.352 e. The Kier molecular flexibility index (Phi) is 10.1. The lowest BCUT2D eigenvalue weighted by molar-refractivity contribution is -0.140. The van der Waals surface area contributed by atoms with Gasteiger partial charge in [-0.25, -0.2) is 8.42 Å². The lowest BCUT2D eigenvalue weighted by Gasteiger charge is -2.34. The summed E-state index contributed by atoms with van der Waals surface area (Å²) >= 11 is 6.10. The molecule has 7 nitrogen and oxygen atoms in total. The average molecular weight is 596 g/mol. The van der Waals surface area contributed by atoms with Crippen LogP contribution in [0.4, 0.5) is 5.69 Å². The van der Waals surface area contributed by atoms with E-state index < -0.39 is 28.5 Å². The van der Waals surface area contributed by atoms with Gasteiger partial charge in [0, 0.05) is 17.6 Å². The third-order valence-electron chi connectivity index (χ3n) is 7.60. The highest BCUT2D eigenvalue weighted by atomic mass is 35.5. The zero-order chi connectivity index (χ0) is 29.6. The summed E-state index contributed by atoms with van der Waals surface area (Å²) in [5.41, 5.74) is 2.81. The molecule has 1 aliphatic rings. The van der Waals surface area contributed by atoms with Crippen molar-refractivity contribution in [3.63, 3.8) is 0 Å². The summed E-state index contributed by atoms with van der Waals surface area (Å²) in [7, 11) is -4.10. The molecule has 3 aromatic rings. The first-order chi connectivity index (χ1) is 19.6. The Balaban J connectivity index is 1.73. The van der Waals surface area contributed by atoms with Crippen LogP contribution in [0.5, 0.6) is 0 Å². The first-order valence-electron chi connectivity index (χ1n) is 14.1. The van der Waals surface area contributed by atoms with E-state index in [4.69, 9.17) is 11.6 Å². The van der Waals surface area contributed by atoms with Gasteiger partial charge in [-0.15, -0.1) is 0 Å². The van der Waals surface area contributed by atoms with Gasteiger partial charge in [0.25, 0.3) is 10.0 Å². The van der Waals surface area contributed by atoms with E-state index >= 15 is 0 Å². The van der Waals surface area contributed by atoms with E-state index in [1.165, 1.54) is 21.3 Å². The molecule has 0 radical (unpaired) electrons. The van der Waals surface area contributed by atoms with Crippen LogP contribution in [0.3, 0.4) is 0 Å². The molecule has 0 aromatic heterocycles. The lowest BCUT2D eigenvalue weighted by atomic mass is 10.1. The third-order valence-corrected chi connectivity index (χ3v) is 9.62. The summed E-state index contributed by atoms with van der Waals surface area (Å²) < 4.78 is 29.2. The Bertz CT molecular complexity index is 1460. The van der Waals surface area contributed by atoms with Crippen molar-refractivity contribution in [2.75, 3.05) is 10.8 Å². The van der Waals surface area contributed by atoms with Gasteiger partial charge in [-0.3, -0.25) is 13.9 Å². The molecule has 1 atom stereocenters. The predicted octanol–water partition coefficient (Wildman–Crippen LogP) is 6.02. The van der Waals surface area contributed by atoms with Crippen LogP contribution in [0.15, 0.2) is 77.7 Å². The molecule has 0 unspecified atom stereocenters. The van der Waals surface area contributed by atoms with Crippen LogP contribution in [0.2, 0.25) is 5.02 Å². The normalized spacial score (nSPS) is 14.4. The van der Waals surface area contributed by atoms with Gasteiger partial charge >= 0.3 is 0 Å². The van der Waals surface area contributed by atoms with E-state index in [9.17, 15) is 18.0 Å². The van der Waals surface area contributed by atoms with Crippen LogP contribution < -0.4 is 9.62 Å². The number of rotatable bonds is 11. The van der Waals surface area contributed by atoms with E-state index in [0.717, 1.165) is 42.4 Å². The number of carbonyl (C=O) groups excluding carboxylic acids is 2. The highest BCUT2D eigenvalue weighted by Gasteiger charge is 2.35. The van der Waals surface area contributed by atoms with Crippen LogP contribution in [-0.4, -0.2) is 43.8 Å². The average Bonchev–Trinajstić information content (AvgIpc) is 3.47. The number of aryl methyl sites for hydroxylation is 2. The molecule has 1 saturated carbocycles. The fourth-order valence-corrected chi connectivity index (χ4v) is 6.91. The maximum Gasteiger partial charge on any atom is 0.264 e. The summed E-state index contributed by atoms with van der Waals surface area (Å²) in [5, 5.41) is 3.69. The van der Waals surface area contributed by atoms with E-state index in [1.807, 2.05) is 45.0 Å². The summed E-state index contributed by atoms with van der Waals surface area (Å²) in [6, 6.07) is 20.1. The maximum atomic E-state index is 14.2. The number of nitrogens with one attached hydrogen (secondary N) is 1. The standard InChI is InChI=1S/C32H38ClN3O4S/c1-4-29(32(38)34-27-10-8-9-11-27)35(21-25-16-18-26(33)19-17-25)31(37)22-36(30-20-23(2)14-15-24(30)3)41(39,40)28-12-6-5-7-13-28/h5-7,12-20,27,29H,4,8-11,21-22H2,1-3H3,(H,34,38)/t29-/m0/s1. The highest BCUT2D eigenvalue weighted by molar-refractivity contribution is 7.92. The maximum absolute atomic E-state index is 14.2. The van der Waals surface area contributed by atoms with Crippen molar-refractivity contribution < 1.29 is 18.0 Å². The lowest BCUT2D eigenvalue weighted by Crippen LogP contribution is -2.53. The Morgan fingerprint density at radius 1 is 0.976 bits per heavy atom. The van der Waals surface area contributed by atoms with Crippen LogP contribution >= 0.6 is 11.6 Å². The van der Waals surface area contributed by atoms with Gasteiger partial charge < -0.3 is 10.2 Å². The summed E-state index contributed by atoms with van der Waals surface area (Å²) in [4.78, 5) is 29.4. The van der Waals surface area contributed by atoms with Crippen LogP contribution in [0.25, 0.3) is 0 Å². The zero-order valence-electron chi connectivity index (χ0n) is 23.8. The number of sulfonamides is 1. The van der Waals surface area contributed by atoms with Gasteiger partial charge in [0.2, 0.25) is 11.8 Å². The number of nitrogens with zero attached hydrogens (tertiary/aromatic N) is 2. The number of amides is 2. The van der Waals surface area contributed by atoms with Crippen molar-refractivity contribution >= 4 is 39.1 Å². The van der Waals surface area contributed by atoms with Crippen LogP contribution in [0, 0.1) is 13.8 Å². The molecule has 3 aromatic carbocycles. The van der Waals surface area contributed by atoms with Crippen molar-refractivity contribution in [3.05, 3.63) is 94.5 Å². The van der Waals surface area contributed by atoms with Gasteiger partial charge in [0.05, 0.1) is 10.6 Å². The summed E-state index contributed by atoms with van der Waals surface area (Å²) in [6.07, 6.45) is 4.35. The molecule has 0 heterocycles. The molecule has 41 heavy (non-hydrogen) atoms. The van der Waals surface area contributed by atoms with E-state index in [0.29, 0.717) is 17.1 Å². The van der Waals surface area contributed by atoms with E-state index in [2.05, 4.69) is 5.32 Å². The largest absolute Gasteiger partial charge is 0.352 e. The zero-order valence-corrected chi connectivity index (χ0v) is 25.4. The molecule has 0 aliphatic heterocycles. The summed E-state index contributed by atoms with van der Waals surface area (Å²) in [6.45, 7) is 5.25. The molecule has 1 aliphatic carbocycles. The number of hydrogen-bond donors (Lipinski definition) is 1. The van der Waals surface area contributed by atoms with Crippen LogP contribution in [0.1, 0.15) is 55.7 Å². The van der Waals surface area contributed by atoms with Gasteiger partial charge in [-0.1, -0.05) is 73.8 Å². The molecule has 218 valence electrons. The molecule has 1 fully saturated rings. The SMILES string of the molecule is CC[C@@H](C(=O)NC1CCCC1)N(Cc1ccc(Cl)cc1)C(=O)CN(c1cc(C)ccc1C)S(=O)(=O)c1ccccc1. The molecule has 0 saturated heterocycles. The number of benzene rings is 3. The first-order valence-corrected chi connectivity index (χ1v) is 15.9. The smallest absolute Gasteiger partial charge is 0.264 e. The molecule has 4 rings (SSSR count). The third kappa shape index (κ3) is 7.49. The number of anilines is 1. The highest BCUT2D eigenvalue weighted by Crippen LogP contribution is 2.29. The Labute approximate surface area is 248 Å². The molecule has 0 spiro atoms. The van der Waals surface area contributed by atoms with Gasteiger partial charge in [0.15, 0.2) is 0 Å². The number of halogens is 1. The second-order valence-electron chi connectivity index (χ2n) is 10.7. The van der Waals surface area contributed by atoms with Gasteiger partial charge in [-0.05, 0) is 80.1 Å². The molecular weight excluding hydrogens is 558 g/mol. The van der Waals surface area contributed by atoms with Crippen molar-refractivity contribution in [1.29, 1.82) is 0 Å². The quantitative estimate of drug-likeness (QED) is 0.294. The van der Waals surface area contributed by atoms with E-state index in [-0.39, 0.29) is 23.4 Å². The first kappa shape index (κ1) is 30.6. The predicted molar refractivity (Wildman–Crippen MR) is 163 cm³/mol. The summed E-state index contributed by atoms with van der Waals surface area (Å²) in [5.74, 6) is -0.681. The minimum atomic E-state index is -4.10. The Hall–Kier alpha value is -3.36. The topological polar surface area (TPSA) is 86.8 Å². The Morgan fingerprint density at radius 2 is 1.63 bits per heavy atom. The fourth-order valence-electron chi connectivity index (χ4n) is 5.29. The van der Waals surface area contributed by atoms with Crippen molar-refractivity contribution in [3.8, 4) is 0 Å². The molecule has 0 bridgehead atoms. The number of hydrogen-bond acceptors (Lipinski definition) is 4. The molecule has 2 amide bonds. The Morgan fingerprint density at radius 3 is 2.27 bits per heavy atom. The number of carbonyl (C=O) groups is 2. The minimum absolute atomic E-state index is 0.0870.